The molecule has 2 aliphatic heterocycles. The summed E-state index contributed by atoms with van der Waals surface area (Å²) in [4.78, 5) is 25.8. The molecule has 114 valence electrons. The van der Waals surface area contributed by atoms with Gasteiger partial charge in [-0.15, -0.1) is 0 Å². The average Bonchev–Trinajstić information content (AvgIpc) is 2.67. The highest BCUT2D eigenvalue weighted by Gasteiger charge is 2.41. The molecule has 2 fully saturated rings. The van der Waals surface area contributed by atoms with Crippen molar-refractivity contribution in [2.24, 2.45) is 0 Å². The van der Waals surface area contributed by atoms with Crippen molar-refractivity contribution in [2.45, 2.75) is 50.3 Å². The Kier molecular flexibility index (Phi) is 4.09. The van der Waals surface area contributed by atoms with Crippen molar-refractivity contribution in [3.63, 3.8) is 0 Å². The summed E-state index contributed by atoms with van der Waals surface area (Å²) in [6.07, 6.45) is 1.99. The SMILES string of the molecule is CCC1(C)NC(=O)CCN(CC2CCCS2(=O)=O)C1=O. The third-order valence-corrected chi connectivity index (χ3v) is 6.64. The van der Waals surface area contributed by atoms with Crippen molar-refractivity contribution in [1.29, 1.82) is 0 Å². The molecule has 7 heteroatoms. The zero-order chi connectivity index (χ0) is 15.0. The minimum atomic E-state index is -3.08. The van der Waals surface area contributed by atoms with Gasteiger partial charge in [0.2, 0.25) is 11.8 Å². The van der Waals surface area contributed by atoms with E-state index in [1.807, 2.05) is 6.92 Å². The molecular weight excluding hydrogens is 280 g/mol. The fourth-order valence-corrected chi connectivity index (χ4v) is 4.67. The fraction of sp³-hybridized carbons (Fsp3) is 0.846. The Labute approximate surface area is 119 Å². The molecule has 0 radical (unpaired) electrons. The first-order valence-electron chi connectivity index (χ1n) is 7.10. The summed E-state index contributed by atoms with van der Waals surface area (Å²) in [7, 11) is -3.08. The van der Waals surface area contributed by atoms with E-state index >= 15 is 0 Å². The maximum absolute atomic E-state index is 12.6. The summed E-state index contributed by atoms with van der Waals surface area (Å²) in [5.74, 6) is -0.116. The number of amides is 2. The normalized spacial score (nSPS) is 33.9. The van der Waals surface area contributed by atoms with Gasteiger partial charge in [-0.3, -0.25) is 9.59 Å². The van der Waals surface area contributed by atoms with Crippen LogP contribution in [0.5, 0.6) is 0 Å². The molecule has 2 unspecified atom stereocenters. The van der Waals surface area contributed by atoms with E-state index in [4.69, 9.17) is 0 Å². The lowest BCUT2D eigenvalue weighted by Crippen LogP contribution is -2.55. The van der Waals surface area contributed by atoms with Crippen LogP contribution in [-0.4, -0.2) is 54.8 Å². The average molecular weight is 302 g/mol. The second-order valence-electron chi connectivity index (χ2n) is 5.87. The molecular formula is C13H22N2O4S. The lowest BCUT2D eigenvalue weighted by molar-refractivity contribution is -0.138. The van der Waals surface area contributed by atoms with Gasteiger partial charge in [0, 0.05) is 19.5 Å². The Morgan fingerprint density at radius 1 is 1.40 bits per heavy atom. The van der Waals surface area contributed by atoms with E-state index in [1.54, 1.807) is 11.8 Å². The predicted octanol–water partition coefficient (Wildman–Crippen LogP) is 0.0808. The number of carbonyl (C=O) groups is 2. The lowest BCUT2D eigenvalue weighted by atomic mass is 9.97. The summed E-state index contributed by atoms with van der Waals surface area (Å²) < 4.78 is 23.8. The summed E-state index contributed by atoms with van der Waals surface area (Å²) in [5.41, 5.74) is -0.921. The summed E-state index contributed by atoms with van der Waals surface area (Å²) in [6, 6.07) is 0. The minimum absolute atomic E-state index is 0.153. The molecule has 6 nitrogen and oxygen atoms in total. The van der Waals surface area contributed by atoms with Crippen LogP contribution in [0.3, 0.4) is 0 Å². The quantitative estimate of drug-likeness (QED) is 0.800. The van der Waals surface area contributed by atoms with Gasteiger partial charge in [-0.25, -0.2) is 8.42 Å². The van der Waals surface area contributed by atoms with Gasteiger partial charge in [0.15, 0.2) is 9.84 Å². The Morgan fingerprint density at radius 2 is 2.10 bits per heavy atom. The largest absolute Gasteiger partial charge is 0.342 e. The first-order valence-corrected chi connectivity index (χ1v) is 8.82. The van der Waals surface area contributed by atoms with Crippen molar-refractivity contribution in [3.05, 3.63) is 0 Å². The molecule has 0 bridgehead atoms. The van der Waals surface area contributed by atoms with Gasteiger partial charge in [0.05, 0.1) is 11.0 Å². The molecule has 2 heterocycles. The standard InChI is InChI=1S/C13H22N2O4S/c1-3-13(2)12(17)15(7-6-11(16)14-13)9-10-5-4-8-20(10,18)19/h10H,3-9H2,1-2H3,(H,14,16). The van der Waals surface area contributed by atoms with Gasteiger partial charge >= 0.3 is 0 Å². The second-order valence-corrected chi connectivity index (χ2v) is 8.27. The van der Waals surface area contributed by atoms with Crippen LogP contribution in [0.15, 0.2) is 0 Å². The molecule has 2 amide bonds. The zero-order valence-electron chi connectivity index (χ0n) is 12.0. The first kappa shape index (κ1) is 15.3. The topological polar surface area (TPSA) is 83.6 Å². The Morgan fingerprint density at radius 3 is 2.65 bits per heavy atom. The van der Waals surface area contributed by atoms with E-state index in [0.29, 0.717) is 25.8 Å². The van der Waals surface area contributed by atoms with Crippen LogP contribution in [-0.2, 0) is 19.4 Å². The number of nitrogens with one attached hydrogen (secondary N) is 1. The predicted molar refractivity (Wildman–Crippen MR) is 74.8 cm³/mol. The fourth-order valence-electron chi connectivity index (χ4n) is 2.83. The smallest absolute Gasteiger partial charge is 0.248 e. The third-order valence-electron chi connectivity index (χ3n) is 4.38. The lowest BCUT2D eigenvalue weighted by Gasteiger charge is -2.32. The number of hydrogen-bond acceptors (Lipinski definition) is 4. The van der Waals surface area contributed by atoms with Crippen molar-refractivity contribution < 1.29 is 18.0 Å². The van der Waals surface area contributed by atoms with Crippen LogP contribution in [0.1, 0.15) is 39.5 Å². The number of carbonyl (C=O) groups excluding carboxylic acids is 2. The van der Waals surface area contributed by atoms with Gasteiger partial charge in [-0.1, -0.05) is 6.92 Å². The zero-order valence-corrected chi connectivity index (χ0v) is 12.8. The van der Waals surface area contributed by atoms with E-state index in [0.717, 1.165) is 0 Å². The maximum atomic E-state index is 12.6. The number of nitrogens with zero attached hydrogens (tertiary/aromatic N) is 1. The maximum Gasteiger partial charge on any atom is 0.248 e. The Bertz CT molecular complexity index is 516. The highest BCUT2D eigenvalue weighted by atomic mass is 32.2. The molecule has 1 N–H and O–H groups in total. The highest BCUT2D eigenvalue weighted by molar-refractivity contribution is 7.92. The van der Waals surface area contributed by atoms with Gasteiger partial charge < -0.3 is 10.2 Å². The van der Waals surface area contributed by atoms with E-state index in [1.165, 1.54) is 0 Å². The Hall–Kier alpha value is -1.11. The van der Waals surface area contributed by atoms with Gasteiger partial charge in [-0.05, 0) is 26.2 Å². The van der Waals surface area contributed by atoms with E-state index in [-0.39, 0.29) is 30.5 Å². The highest BCUT2D eigenvalue weighted by Crippen LogP contribution is 2.24. The van der Waals surface area contributed by atoms with Gasteiger partial charge in [-0.2, -0.15) is 0 Å². The van der Waals surface area contributed by atoms with Crippen molar-refractivity contribution in [3.8, 4) is 0 Å². The number of hydrogen-bond donors (Lipinski definition) is 1. The van der Waals surface area contributed by atoms with E-state index < -0.39 is 20.6 Å². The molecule has 2 atom stereocenters. The summed E-state index contributed by atoms with van der Waals surface area (Å²) >= 11 is 0. The van der Waals surface area contributed by atoms with Crippen molar-refractivity contribution in [1.82, 2.24) is 10.2 Å². The summed E-state index contributed by atoms with van der Waals surface area (Å²) in [5, 5.41) is 2.28. The third kappa shape index (κ3) is 2.82. The van der Waals surface area contributed by atoms with Gasteiger partial charge in [0.25, 0.3) is 0 Å². The molecule has 0 aromatic heterocycles. The minimum Gasteiger partial charge on any atom is -0.342 e. The molecule has 0 spiro atoms. The van der Waals surface area contributed by atoms with Crippen LogP contribution in [0.4, 0.5) is 0 Å². The summed E-state index contributed by atoms with van der Waals surface area (Å²) in [6.45, 7) is 4.06. The van der Waals surface area contributed by atoms with Crippen molar-refractivity contribution >= 4 is 21.7 Å². The molecule has 0 saturated carbocycles. The first-order chi connectivity index (χ1) is 9.28. The van der Waals surface area contributed by atoms with E-state index in [9.17, 15) is 18.0 Å². The Balaban J connectivity index is 2.18. The monoisotopic (exact) mass is 302 g/mol. The molecule has 2 saturated heterocycles. The molecule has 20 heavy (non-hydrogen) atoms. The van der Waals surface area contributed by atoms with E-state index in [2.05, 4.69) is 5.32 Å². The van der Waals surface area contributed by atoms with Crippen molar-refractivity contribution in [2.75, 3.05) is 18.8 Å². The van der Waals surface area contributed by atoms with Crippen LogP contribution in [0.2, 0.25) is 0 Å². The second kappa shape index (κ2) is 5.35. The molecule has 0 aromatic rings. The molecule has 0 aliphatic carbocycles. The van der Waals surface area contributed by atoms with Gasteiger partial charge in [0.1, 0.15) is 5.54 Å². The molecule has 0 aromatic carbocycles. The number of sulfone groups is 1. The van der Waals surface area contributed by atoms with Crippen LogP contribution in [0, 0.1) is 0 Å². The van der Waals surface area contributed by atoms with Crippen LogP contribution >= 0.6 is 0 Å². The van der Waals surface area contributed by atoms with Crippen LogP contribution < -0.4 is 5.32 Å². The molecule has 2 rings (SSSR count). The molecule has 2 aliphatic rings. The van der Waals surface area contributed by atoms with Crippen LogP contribution in [0.25, 0.3) is 0 Å². The number of rotatable bonds is 3.